The lowest BCUT2D eigenvalue weighted by molar-refractivity contribution is 0.0621. The number of aromatic amines is 1. The Kier molecular flexibility index (Phi) is 5.70. The van der Waals surface area contributed by atoms with Crippen LogP contribution in [0.1, 0.15) is 16.2 Å². The van der Waals surface area contributed by atoms with Crippen molar-refractivity contribution in [3.05, 3.63) is 66.1 Å². The van der Waals surface area contributed by atoms with Crippen molar-refractivity contribution >= 4 is 11.4 Å². The lowest BCUT2D eigenvalue weighted by atomic mass is 10.1. The molecule has 1 amide bonds. The number of benzene rings is 1. The first kappa shape index (κ1) is 21.0. The predicted octanol–water partition coefficient (Wildman–Crippen LogP) is 2.70. The number of nitrogens with zero attached hydrogens (tertiary/aromatic N) is 5. The number of hydrogen-bond donors (Lipinski definition) is 1. The third-order valence-electron chi connectivity index (χ3n) is 5.96. The molecule has 4 heterocycles. The fourth-order valence-electron chi connectivity index (χ4n) is 4.16. The molecule has 1 aromatic carbocycles. The monoisotopic (exact) mass is 446 g/mol. The highest BCUT2D eigenvalue weighted by atomic mass is 16.5. The van der Waals surface area contributed by atoms with Crippen molar-refractivity contribution in [3.63, 3.8) is 0 Å². The minimum atomic E-state index is -0.0528. The van der Waals surface area contributed by atoms with Crippen molar-refractivity contribution in [2.24, 2.45) is 0 Å². The van der Waals surface area contributed by atoms with E-state index in [1.165, 1.54) is 0 Å². The first-order valence-electron chi connectivity index (χ1n) is 10.9. The average molecular weight is 447 g/mol. The molecule has 0 spiro atoms. The fourth-order valence-corrected chi connectivity index (χ4v) is 4.16. The third kappa shape index (κ3) is 4.27. The lowest BCUT2D eigenvalue weighted by Gasteiger charge is -2.34. The molecule has 1 aliphatic heterocycles. The van der Waals surface area contributed by atoms with E-state index in [1.54, 1.807) is 20.3 Å². The summed E-state index contributed by atoms with van der Waals surface area (Å²) in [7, 11) is 3.22. The van der Waals surface area contributed by atoms with Gasteiger partial charge in [0.25, 0.3) is 5.91 Å². The zero-order valence-electron chi connectivity index (χ0n) is 18.7. The summed E-state index contributed by atoms with van der Waals surface area (Å²) >= 11 is 0. The molecule has 4 aromatic rings. The summed E-state index contributed by atoms with van der Waals surface area (Å²) in [6.07, 6.45) is 1.95. The molecule has 9 heteroatoms. The number of carbonyl (C=O) groups excluding carboxylic acids is 1. The molecular weight excluding hydrogens is 420 g/mol. The predicted molar refractivity (Wildman–Crippen MR) is 124 cm³/mol. The lowest BCUT2D eigenvalue weighted by Crippen LogP contribution is -2.48. The quantitative estimate of drug-likeness (QED) is 0.490. The van der Waals surface area contributed by atoms with Gasteiger partial charge in [0.2, 0.25) is 0 Å². The van der Waals surface area contributed by atoms with E-state index in [-0.39, 0.29) is 5.91 Å². The van der Waals surface area contributed by atoms with Gasteiger partial charge in [-0.3, -0.25) is 14.8 Å². The van der Waals surface area contributed by atoms with E-state index >= 15 is 0 Å². The number of aromatic nitrogens is 4. The van der Waals surface area contributed by atoms with Gasteiger partial charge in [0.05, 0.1) is 31.1 Å². The van der Waals surface area contributed by atoms with Gasteiger partial charge in [-0.2, -0.15) is 10.2 Å². The summed E-state index contributed by atoms with van der Waals surface area (Å²) in [5.74, 6) is 1.31. The first-order valence-corrected chi connectivity index (χ1v) is 10.9. The highest BCUT2D eigenvalue weighted by molar-refractivity contribution is 5.93. The van der Waals surface area contributed by atoms with Gasteiger partial charge >= 0.3 is 0 Å². The van der Waals surface area contributed by atoms with Gasteiger partial charge in [0.1, 0.15) is 17.2 Å². The smallest absolute Gasteiger partial charge is 0.271 e. The number of hydrogen-bond acceptors (Lipinski definition) is 6. The maximum absolute atomic E-state index is 13.1. The van der Waals surface area contributed by atoms with E-state index in [9.17, 15) is 4.79 Å². The minimum Gasteiger partial charge on any atom is -0.497 e. The first-order chi connectivity index (χ1) is 16.1. The van der Waals surface area contributed by atoms with Crippen molar-refractivity contribution in [1.29, 1.82) is 0 Å². The number of methoxy groups -OCH3 is 2. The number of fused-ring (bicyclic) bond motifs is 1. The molecule has 0 saturated carbocycles. The van der Waals surface area contributed by atoms with E-state index in [0.717, 1.165) is 36.4 Å². The summed E-state index contributed by atoms with van der Waals surface area (Å²) in [6.45, 7) is 3.67. The van der Waals surface area contributed by atoms with Crippen molar-refractivity contribution in [1.82, 2.24) is 29.6 Å². The molecule has 9 nitrogen and oxygen atoms in total. The van der Waals surface area contributed by atoms with E-state index in [4.69, 9.17) is 9.47 Å². The van der Waals surface area contributed by atoms with Gasteiger partial charge < -0.3 is 14.4 Å². The van der Waals surface area contributed by atoms with Gasteiger partial charge in [-0.05, 0) is 42.5 Å². The second kappa shape index (κ2) is 8.95. The van der Waals surface area contributed by atoms with Gasteiger partial charge in [-0.25, -0.2) is 4.52 Å². The maximum Gasteiger partial charge on any atom is 0.271 e. The molecule has 170 valence electrons. The summed E-state index contributed by atoms with van der Waals surface area (Å²) in [6, 6.07) is 15.4. The molecule has 0 atom stereocenters. The Labute approximate surface area is 191 Å². The van der Waals surface area contributed by atoms with Crippen LogP contribution in [0.3, 0.4) is 0 Å². The molecule has 33 heavy (non-hydrogen) atoms. The SMILES string of the molecule is COc1ccc(OC)c(-c2cc(C(=O)N3CCN(Cc4cc5ccccn5n4)CC3)[nH]n2)c1. The molecule has 0 unspecified atom stereocenters. The Morgan fingerprint density at radius 3 is 2.64 bits per heavy atom. The van der Waals surface area contributed by atoms with Crippen LogP contribution in [0.5, 0.6) is 11.5 Å². The van der Waals surface area contributed by atoms with Crippen molar-refractivity contribution in [2.75, 3.05) is 40.4 Å². The number of carbonyl (C=O) groups is 1. The molecule has 3 aromatic heterocycles. The maximum atomic E-state index is 13.1. The Balaban J connectivity index is 1.23. The molecule has 0 bridgehead atoms. The molecule has 1 fully saturated rings. The number of rotatable bonds is 6. The number of H-pyrrole nitrogens is 1. The summed E-state index contributed by atoms with van der Waals surface area (Å²) in [5, 5.41) is 11.9. The van der Waals surface area contributed by atoms with Crippen molar-refractivity contribution in [3.8, 4) is 22.8 Å². The molecule has 0 radical (unpaired) electrons. The number of pyridine rings is 1. The van der Waals surface area contributed by atoms with Gasteiger partial charge in [-0.15, -0.1) is 0 Å². The van der Waals surface area contributed by atoms with Crippen LogP contribution in [0.15, 0.2) is 54.7 Å². The molecule has 1 saturated heterocycles. The molecule has 5 rings (SSSR count). The number of ether oxygens (including phenoxy) is 2. The second-order valence-corrected chi connectivity index (χ2v) is 8.01. The second-order valence-electron chi connectivity index (χ2n) is 8.01. The van der Waals surface area contributed by atoms with Gasteiger partial charge in [-0.1, -0.05) is 6.07 Å². The van der Waals surface area contributed by atoms with E-state index in [1.807, 2.05) is 52.0 Å². The third-order valence-corrected chi connectivity index (χ3v) is 5.96. The molecule has 0 aliphatic carbocycles. The highest BCUT2D eigenvalue weighted by Gasteiger charge is 2.24. The number of amides is 1. The Morgan fingerprint density at radius 1 is 1.03 bits per heavy atom. The van der Waals surface area contributed by atoms with Crippen LogP contribution in [0.4, 0.5) is 0 Å². The molecule has 1 aliphatic rings. The summed E-state index contributed by atoms with van der Waals surface area (Å²) in [4.78, 5) is 17.3. The van der Waals surface area contributed by atoms with E-state index in [2.05, 4.69) is 26.3 Å². The van der Waals surface area contributed by atoms with Crippen molar-refractivity contribution < 1.29 is 14.3 Å². The van der Waals surface area contributed by atoms with Crippen LogP contribution >= 0.6 is 0 Å². The molecular formula is C24H26N6O3. The highest BCUT2D eigenvalue weighted by Crippen LogP contribution is 2.32. The summed E-state index contributed by atoms with van der Waals surface area (Å²) < 4.78 is 12.7. The van der Waals surface area contributed by atoms with Crippen LogP contribution in [-0.4, -0.2) is 75.9 Å². The normalized spacial score (nSPS) is 14.5. The summed E-state index contributed by atoms with van der Waals surface area (Å²) in [5.41, 5.74) is 3.99. The zero-order chi connectivity index (χ0) is 22.8. The van der Waals surface area contributed by atoms with Gasteiger partial charge in [0.15, 0.2) is 0 Å². The largest absolute Gasteiger partial charge is 0.497 e. The zero-order valence-corrected chi connectivity index (χ0v) is 18.7. The standard InChI is InChI=1S/C24H26N6O3/c1-32-19-6-7-23(33-2)20(14-19)21-15-22(26-25-21)24(31)29-11-9-28(10-12-29)16-17-13-18-5-3-4-8-30(18)27-17/h3-8,13-15H,9-12,16H2,1-2H3,(H,25,26). The van der Waals surface area contributed by atoms with Crippen LogP contribution < -0.4 is 9.47 Å². The van der Waals surface area contributed by atoms with Crippen LogP contribution in [0.25, 0.3) is 16.8 Å². The number of piperazine rings is 1. The van der Waals surface area contributed by atoms with E-state index < -0.39 is 0 Å². The Bertz CT molecular complexity index is 1240. The van der Waals surface area contributed by atoms with E-state index in [0.29, 0.717) is 36.0 Å². The van der Waals surface area contributed by atoms with Crippen molar-refractivity contribution in [2.45, 2.75) is 6.54 Å². The minimum absolute atomic E-state index is 0.0528. The average Bonchev–Trinajstić information content (AvgIpc) is 3.50. The van der Waals surface area contributed by atoms with Crippen LogP contribution in [0, 0.1) is 0 Å². The van der Waals surface area contributed by atoms with Gasteiger partial charge in [0, 0.05) is 44.5 Å². The molecule has 1 N–H and O–H groups in total. The Hall–Kier alpha value is -3.85. The fraction of sp³-hybridized carbons (Fsp3) is 0.292. The number of nitrogens with one attached hydrogen (secondary N) is 1. The van der Waals surface area contributed by atoms with Crippen LogP contribution in [-0.2, 0) is 6.54 Å². The Morgan fingerprint density at radius 2 is 1.88 bits per heavy atom. The van der Waals surface area contributed by atoms with Crippen LogP contribution in [0.2, 0.25) is 0 Å². The topological polar surface area (TPSA) is 88.0 Å².